The number of alkyl halides is 1. The lowest BCUT2D eigenvalue weighted by Gasteiger charge is -2.28. The van der Waals surface area contributed by atoms with Crippen LogP contribution >= 0.6 is 15.9 Å². The third-order valence-corrected chi connectivity index (χ3v) is 4.01. The molecule has 0 fully saturated rings. The van der Waals surface area contributed by atoms with Crippen molar-refractivity contribution in [2.45, 2.75) is 19.4 Å². The largest absolute Gasteiger partial charge is 0.497 e. The van der Waals surface area contributed by atoms with Crippen LogP contribution in [0.1, 0.15) is 24.9 Å². The Labute approximate surface area is 143 Å². The topological polar surface area (TPSA) is 76.7 Å². The van der Waals surface area contributed by atoms with Gasteiger partial charge in [-0.15, -0.1) is 0 Å². The van der Waals surface area contributed by atoms with Gasteiger partial charge in [0.05, 0.1) is 25.3 Å². The third kappa shape index (κ3) is 4.25. The van der Waals surface area contributed by atoms with E-state index in [0.29, 0.717) is 23.6 Å². The average Bonchev–Trinajstić information content (AvgIpc) is 2.54. The summed E-state index contributed by atoms with van der Waals surface area (Å²) >= 11 is 3.29. The highest BCUT2D eigenvalue weighted by Gasteiger charge is 2.32. The van der Waals surface area contributed by atoms with Crippen molar-refractivity contribution in [2.75, 3.05) is 19.0 Å². The van der Waals surface area contributed by atoms with Crippen molar-refractivity contribution in [3.05, 3.63) is 41.1 Å². The van der Waals surface area contributed by atoms with Crippen LogP contribution < -0.4 is 15.4 Å². The van der Waals surface area contributed by atoms with Crippen LogP contribution in [0.25, 0.3) is 0 Å². The molecule has 0 unspecified atom stereocenters. The number of benzene rings is 1. The standard InChI is InChI=1S/C16H19BrN2O4/c1-10-13(15(20)23-9-3-8-17)14(19-16(21)18-10)11-4-6-12(22-2)7-5-11/h4-7,14H,3,8-9H2,1-2H3,(H2,18,19,21)/t14-/m0/s1. The highest BCUT2D eigenvalue weighted by Crippen LogP contribution is 2.28. The molecule has 2 rings (SSSR count). The second-order valence-electron chi connectivity index (χ2n) is 5.02. The van der Waals surface area contributed by atoms with Crippen LogP contribution in [-0.2, 0) is 9.53 Å². The molecule has 7 heteroatoms. The summed E-state index contributed by atoms with van der Waals surface area (Å²) in [5.41, 5.74) is 1.69. The molecule has 1 aromatic carbocycles. The summed E-state index contributed by atoms with van der Waals surface area (Å²) in [6.07, 6.45) is 0.727. The zero-order chi connectivity index (χ0) is 16.8. The number of amides is 2. The van der Waals surface area contributed by atoms with Gasteiger partial charge < -0.3 is 20.1 Å². The van der Waals surface area contributed by atoms with E-state index in [0.717, 1.165) is 17.3 Å². The normalized spacial score (nSPS) is 17.3. The molecule has 0 aromatic heterocycles. The Bertz CT molecular complexity index is 613. The van der Waals surface area contributed by atoms with Gasteiger partial charge in [-0.1, -0.05) is 28.1 Å². The molecule has 0 saturated heterocycles. The molecule has 1 atom stereocenters. The number of urea groups is 1. The molecular formula is C16H19BrN2O4. The minimum Gasteiger partial charge on any atom is -0.497 e. The summed E-state index contributed by atoms with van der Waals surface area (Å²) in [6, 6.07) is 6.30. The van der Waals surface area contributed by atoms with Gasteiger partial charge >= 0.3 is 12.0 Å². The van der Waals surface area contributed by atoms with E-state index >= 15 is 0 Å². The molecule has 1 aromatic rings. The molecule has 0 radical (unpaired) electrons. The first-order valence-corrected chi connectivity index (χ1v) is 8.34. The second kappa shape index (κ2) is 8.01. The van der Waals surface area contributed by atoms with Crippen LogP contribution in [0.15, 0.2) is 35.5 Å². The molecule has 0 bridgehead atoms. The molecule has 1 heterocycles. The van der Waals surface area contributed by atoms with Gasteiger partial charge in [0, 0.05) is 11.0 Å². The van der Waals surface area contributed by atoms with Crippen molar-refractivity contribution < 1.29 is 19.1 Å². The number of methoxy groups -OCH3 is 1. The zero-order valence-electron chi connectivity index (χ0n) is 13.0. The zero-order valence-corrected chi connectivity index (χ0v) is 14.6. The van der Waals surface area contributed by atoms with Crippen molar-refractivity contribution in [1.82, 2.24) is 10.6 Å². The van der Waals surface area contributed by atoms with Gasteiger partial charge in [0.15, 0.2) is 0 Å². The monoisotopic (exact) mass is 382 g/mol. The van der Waals surface area contributed by atoms with Crippen molar-refractivity contribution in [3.63, 3.8) is 0 Å². The van der Waals surface area contributed by atoms with Gasteiger partial charge in [-0.3, -0.25) is 0 Å². The van der Waals surface area contributed by atoms with Gasteiger partial charge in [0.25, 0.3) is 0 Å². The first-order valence-electron chi connectivity index (χ1n) is 7.22. The molecule has 124 valence electrons. The van der Waals surface area contributed by atoms with E-state index in [1.807, 2.05) is 12.1 Å². The maximum Gasteiger partial charge on any atom is 0.338 e. The van der Waals surface area contributed by atoms with Crippen LogP contribution in [0.5, 0.6) is 5.75 Å². The Morgan fingerprint density at radius 3 is 2.61 bits per heavy atom. The van der Waals surface area contributed by atoms with Gasteiger partial charge in [-0.05, 0) is 31.0 Å². The second-order valence-corrected chi connectivity index (χ2v) is 5.81. The Morgan fingerprint density at radius 2 is 2.00 bits per heavy atom. The number of hydrogen-bond acceptors (Lipinski definition) is 4. The predicted molar refractivity (Wildman–Crippen MR) is 89.5 cm³/mol. The summed E-state index contributed by atoms with van der Waals surface area (Å²) < 4.78 is 10.4. The lowest BCUT2D eigenvalue weighted by Crippen LogP contribution is -2.45. The minimum absolute atomic E-state index is 0.324. The van der Waals surface area contributed by atoms with Crippen LogP contribution in [0.2, 0.25) is 0 Å². The average molecular weight is 383 g/mol. The van der Waals surface area contributed by atoms with Gasteiger partial charge in [-0.25, -0.2) is 9.59 Å². The highest BCUT2D eigenvalue weighted by molar-refractivity contribution is 9.09. The molecule has 6 nitrogen and oxygen atoms in total. The number of ether oxygens (including phenoxy) is 2. The van der Waals surface area contributed by atoms with E-state index < -0.39 is 12.0 Å². The number of rotatable bonds is 6. The van der Waals surface area contributed by atoms with E-state index in [2.05, 4.69) is 26.6 Å². The van der Waals surface area contributed by atoms with Crippen molar-refractivity contribution >= 4 is 27.9 Å². The first kappa shape index (κ1) is 17.3. The van der Waals surface area contributed by atoms with E-state index in [-0.39, 0.29) is 6.03 Å². The van der Waals surface area contributed by atoms with Crippen molar-refractivity contribution in [2.24, 2.45) is 0 Å². The maximum atomic E-state index is 12.4. The number of halogens is 1. The lowest BCUT2D eigenvalue weighted by molar-refractivity contribution is -0.139. The summed E-state index contributed by atoms with van der Waals surface area (Å²) in [5, 5.41) is 6.14. The van der Waals surface area contributed by atoms with E-state index in [9.17, 15) is 9.59 Å². The molecule has 23 heavy (non-hydrogen) atoms. The predicted octanol–water partition coefficient (Wildman–Crippen LogP) is 2.65. The van der Waals surface area contributed by atoms with Gasteiger partial charge in [0.2, 0.25) is 0 Å². The fraction of sp³-hybridized carbons (Fsp3) is 0.375. The summed E-state index contributed by atoms with van der Waals surface area (Å²) in [5.74, 6) is 0.271. The van der Waals surface area contributed by atoms with Crippen LogP contribution in [0, 0.1) is 0 Å². The Kier molecular flexibility index (Phi) is 6.04. The maximum absolute atomic E-state index is 12.4. The number of allylic oxidation sites excluding steroid dienone is 1. The summed E-state index contributed by atoms with van der Waals surface area (Å²) in [7, 11) is 1.58. The highest BCUT2D eigenvalue weighted by atomic mass is 79.9. The molecular weight excluding hydrogens is 364 g/mol. The number of esters is 1. The first-order chi connectivity index (χ1) is 11.1. The van der Waals surface area contributed by atoms with Gasteiger partial charge in [-0.2, -0.15) is 0 Å². The molecule has 2 N–H and O–H groups in total. The number of nitrogens with one attached hydrogen (secondary N) is 2. The quantitative estimate of drug-likeness (QED) is 0.450. The fourth-order valence-electron chi connectivity index (χ4n) is 2.31. The van der Waals surface area contributed by atoms with E-state index in [4.69, 9.17) is 9.47 Å². The fourth-order valence-corrected chi connectivity index (χ4v) is 2.54. The Morgan fingerprint density at radius 1 is 1.30 bits per heavy atom. The van der Waals surface area contributed by atoms with Crippen LogP contribution in [0.3, 0.4) is 0 Å². The summed E-state index contributed by atoms with van der Waals surface area (Å²) in [4.78, 5) is 24.2. The number of carbonyl (C=O) groups is 2. The molecule has 0 spiro atoms. The smallest absolute Gasteiger partial charge is 0.338 e. The van der Waals surface area contributed by atoms with E-state index in [1.54, 1.807) is 26.2 Å². The number of hydrogen-bond donors (Lipinski definition) is 2. The third-order valence-electron chi connectivity index (χ3n) is 3.45. The lowest BCUT2D eigenvalue weighted by atomic mass is 9.95. The molecule has 2 amide bonds. The SMILES string of the molecule is COc1ccc([C@@H]2NC(=O)NC(C)=C2C(=O)OCCCBr)cc1. The van der Waals surface area contributed by atoms with E-state index in [1.165, 1.54) is 0 Å². The Hall–Kier alpha value is -2.02. The molecule has 0 aliphatic carbocycles. The number of carbonyl (C=O) groups excluding carboxylic acids is 2. The Balaban J connectivity index is 2.27. The van der Waals surface area contributed by atoms with Gasteiger partial charge in [0.1, 0.15) is 5.75 Å². The minimum atomic E-state index is -0.550. The molecule has 1 aliphatic rings. The molecule has 0 saturated carbocycles. The summed E-state index contributed by atoms with van der Waals surface area (Å²) in [6.45, 7) is 2.01. The molecule has 1 aliphatic heterocycles. The van der Waals surface area contributed by atoms with Crippen LogP contribution in [-0.4, -0.2) is 31.0 Å². The van der Waals surface area contributed by atoms with Crippen molar-refractivity contribution in [3.8, 4) is 5.75 Å². The van der Waals surface area contributed by atoms with Crippen molar-refractivity contribution in [1.29, 1.82) is 0 Å². The van der Waals surface area contributed by atoms with Crippen LogP contribution in [0.4, 0.5) is 4.79 Å².